The van der Waals surface area contributed by atoms with Crippen molar-refractivity contribution < 1.29 is 4.74 Å². The highest BCUT2D eigenvalue weighted by molar-refractivity contribution is 14.0. The van der Waals surface area contributed by atoms with Crippen molar-refractivity contribution in [3.63, 3.8) is 0 Å². The summed E-state index contributed by atoms with van der Waals surface area (Å²) in [5.41, 5.74) is 2.42. The molecule has 28 heavy (non-hydrogen) atoms. The summed E-state index contributed by atoms with van der Waals surface area (Å²) in [6.45, 7) is 10.4. The van der Waals surface area contributed by atoms with E-state index in [1.807, 2.05) is 23.0 Å². The average Bonchev–Trinajstić information content (AvgIpc) is 3.13. The third kappa shape index (κ3) is 6.02. The van der Waals surface area contributed by atoms with Gasteiger partial charge in [-0.2, -0.15) is 5.10 Å². The minimum absolute atomic E-state index is 0. The Hall–Kier alpha value is -1.97. The Kier molecular flexibility index (Phi) is 8.88. The van der Waals surface area contributed by atoms with E-state index in [-0.39, 0.29) is 24.0 Å². The minimum Gasteiger partial charge on any atom is -0.497 e. The summed E-state index contributed by atoms with van der Waals surface area (Å²) in [5.74, 6) is 1.89. The molecule has 0 spiro atoms. The van der Waals surface area contributed by atoms with Gasteiger partial charge in [-0.3, -0.25) is 9.67 Å². The van der Waals surface area contributed by atoms with Crippen LogP contribution in [0.3, 0.4) is 0 Å². The number of hydrogen-bond acceptors (Lipinski definition) is 4. The fourth-order valence-electron chi connectivity index (χ4n) is 3.24. The number of aryl methyl sites for hydroxylation is 1. The molecular formula is C20H31IN6O. The van der Waals surface area contributed by atoms with Crippen LogP contribution in [-0.2, 0) is 6.54 Å². The zero-order valence-corrected chi connectivity index (χ0v) is 19.3. The number of aliphatic imine (C=N–C) groups is 1. The number of anilines is 1. The molecule has 0 aliphatic carbocycles. The molecule has 154 valence electrons. The van der Waals surface area contributed by atoms with Crippen LogP contribution in [0.15, 0.2) is 41.7 Å². The molecule has 0 amide bonds. The molecule has 1 saturated heterocycles. The molecule has 0 unspecified atom stereocenters. The monoisotopic (exact) mass is 498 g/mol. The van der Waals surface area contributed by atoms with Crippen molar-refractivity contribution >= 4 is 35.6 Å². The number of piperazine rings is 1. The van der Waals surface area contributed by atoms with E-state index in [0.29, 0.717) is 0 Å². The Labute approximate surface area is 184 Å². The first kappa shape index (κ1) is 22.3. The van der Waals surface area contributed by atoms with Gasteiger partial charge in [-0.1, -0.05) is 0 Å². The van der Waals surface area contributed by atoms with Crippen LogP contribution in [0.1, 0.15) is 12.5 Å². The quantitative estimate of drug-likeness (QED) is 0.377. The van der Waals surface area contributed by atoms with E-state index >= 15 is 0 Å². The van der Waals surface area contributed by atoms with Gasteiger partial charge in [0.15, 0.2) is 5.96 Å². The molecule has 1 N–H and O–H groups in total. The van der Waals surface area contributed by atoms with Crippen molar-refractivity contribution in [3.05, 3.63) is 42.2 Å². The average molecular weight is 498 g/mol. The van der Waals surface area contributed by atoms with E-state index < -0.39 is 0 Å². The maximum absolute atomic E-state index is 5.25. The van der Waals surface area contributed by atoms with Crippen LogP contribution < -0.4 is 15.0 Å². The predicted molar refractivity (Wildman–Crippen MR) is 125 cm³/mol. The maximum atomic E-state index is 5.25. The summed E-state index contributed by atoms with van der Waals surface area (Å²) in [5, 5.41) is 7.75. The number of rotatable bonds is 6. The van der Waals surface area contributed by atoms with E-state index in [9.17, 15) is 0 Å². The van der Waals surface area contributed by atoms with Crippen molar-refractivity contribution in [2.45, 2.75) is 20.4 Å². The van der Waals surface area contributed by atoms with Crippen molar-refractivity contribution in [1.29, 1.82) is 0 Å². The first-order valence-corrected chi connectivity index (χ1v) is 9.61. The van der Waals surface area contributed by atoms with E-state index in [4.69, 9.17) is 9.73 Å². The summed E-state index contributed by atoms with van der Waals surface area (Å²) in [4.78, 5) is 9.55. The Balaban J connectivity index is 0.00000280. The molecule has 1 aromatic carbocycles. The highest BCUT2D eigenvalue weighted by atomic mass is 127. The van der Waals surface area contributed by atoms with Gasteiger partial charge in [-0.05, 0) is 43.7 Å². The molecule has 7 nitrogen and oxygen atoms in total. The van der Waals surface area contributed by atoms with E-state index in [2.05, 4.69) is 52.4 Å². The van der Waals surface area contributed by atoms with Crippen molar-refractivity contribution in [2.75, 3.05) is 51.3 Å². The molecule has 1 aromatic heterocycles. The Morgan fingerprint density at radius 2 is 1.89 bits per heavy atom. The molecule has 1 aliphatic rings. The van der Waals surface area contributed by atoms with Crippen LogP contribution in [0.25, 0.3) is 0 Å². The fraction of sp³-hybridized carbons (Fsp3) is 0.500. The first-order chi connectivity index (χ1) is 13.2. The van der Waals surface area contributed by atoms with Crippen molar-refractivity contribution in [2.24, 2.45) is 4.99 Å². The molecule has 0 bridgehead atoms. The van der Waals surface area contributed by atoms with Gasteiger partial charge in [0.05, 0.1) is 26.4 Å². The van der Waals surface area contributed by atoms with Gasteiger partial charge in [0.1, 0.15) is 5.75 Å². The smallest absolute Gasteiger partial charge is 0.194 e. The van der Waals surface area contributed by atoms with Crippen LogP contribution >= 0.6 is 24.0 Å². The lowest BCUT2D eigenvalue weighted by Crippen LogP contribution is -2.52. The second-order valence-electron chi connectivity index (χ2n) is 6.69. The highest BCUT2D eigenvalue weighted by Crippen LogP contribution is 2.20. The summed E-state index contributed by atoms with van der Waals surface area (Å²) in [6, 6.07) is 8.29. The number of guanidine groups is 1. The first-order valence-electron chi connectivity index (χ1n) is 9.61. The molecule has 8 heteroatoms. The number of halogens is 1. The molecule has 0 saturated carbocycles. The molecule has 0 atom stereocenters. The van der Waals surface area contributed by atoms with Gasteiger partial charge >= 0.3 is 0 Å². The molecule has 1 fully saturated rings. The number of nitrogens with one attached hydrogen (secondary N) is 1. The molecule has 0 radical (unpaired) electrons. The molecule has 2 heterocycles. The van der Waals surface area contributed by atoms with Crippen molar-refractivity contribution in [3.8, 4) is 5.75 Å². The molecule has 2 aromatic rings. The van der Waals surface area contributed by atoms with Crippen LogP contribution in [0.4, 0.5) is 5.69 Å². The van der Waals surface area contributed by atoms with E-state index in [0.717, 1.165) is 57.5 Å². The minimum atomic E-state index is 0. The zero-order valence-electron chi connectivity index (χ0n) is 17.0. The van der Waals surface area contributed by atoms with E-state index in [1.54, 1.807) is 7.11 Å². The molecule has 3 rings (SSSR count). The number of ether oxygens (including phenoxy) is 1. The maximum Gasteiger partial charge on any atom is 0.194 e. The second-order valence-corrected chi connectivity index (χ2v) is 6.69. The van der Waals surface area contributed by atoms with Crippen molar-refractivity contribution in [1.82, 2.24) is 20.0 Å². The van der Waals surface area contributed by atoms with Gasteiger partial charge in [0.25, 0.3) is 0 Å². The third-order valence-corrected chi connectivity index (χ3v) is 4.70. The number of hydrogen-bond donors (Lipinski definition) is 1. The number of methoxy groups -OCH3 is 1. The summed E-state index contributed by atoms with van der Waals surface area (Å²) in [6.07, 6.45) is 3.93. The van der Waals surface area contributed by atoms with Crippen LogP contribution in [0.2, 0.25) is 0 Å². The van der Waals surface area contributed by atoms with Crippen LogP contribution in [0, 0.1) is 6.92 Å². The lowest BCUT2D eigenvalue weighted by atomic mass is 10.2. The Morgan fingerprint density at radius 3 is 2.46 bits per heavy atom. The molecule has 1 aliphatic heterocycles. The van der Waals surface area contributed by atoms with Gasteiger partial charge in [0, 0.05) is 44.6 Å². The summed E-state index contributed by atoms with van der Waals surface area (Å²) in [7, 11) is 1.70. The largest absolute Gasteiger partial charge is 0.497 e. The van der Waals surface area contributed by atoms with Gasteiger partial charge < -0.3 is 19.9 Å². The zero-order chi connectivity index (χ0) is 19.1. The third-order valence-electron chi connectivity index (χ3n) is 4.70. The normalized spacial score (nSPS) is 14.6. The highest BCUT2D eigenvalue weighted by Gasteiger charge is 2.19. The summed E-state index contributed by atoms with van der Waals surface area (Å²) < 4.78 is 7.19. The summed E-state index contributed by atoms with van der Waals surface area (Å²) >= 11 is 0. The predicted octanol–water partition coefficient (Wildman–Crippen LogP) is 2.61. The lowest BCUT2D eigenvalue weighted by molar-refractivity contribution is 0.372. The Morgan fingerprint density at radius 1 is 1.18 bits per heavy atom. The Bertz CT molecular complexity index is 737. The topological polar surface area (TPSA) is 57.9 Å². The van der Waals surface area contributed by atoms with Gasteiger partial charge in [-0.25, -0.2) is 0 Å². The van der Waals surface area contributed by atoms with Crippen LogP contribution in [-0.4, -0.2) is 67.0 Å². The number of aromatic nitrogens is 2. The second kappa shape index (κ2) is 11.1. The number of nitrogens with zero attached hydrogens (tertiary/aromatic N) is 5. The van der Waals surface area contributed by atoms with Crippen LogP contribution in [0.5, 0.6) is 5.75 Å². The lowest BCUT2D eigenvalue weighted by Gasteiger charge is -2.37. The van der Waals surface area contributed by atoms with Gasteiger partial charge in [-0.15, -0.1) is 24.0 Å². The SMILES string of the molecule is CCNC(=NCCn1cc(C)cn1)N1CCN(c2ccc(OC)cc2)CC1.I. The molecular weight excluding hydrogens is 467 g/mol. The van der Waals surface area contributed by atoms with E-state index in [1.165, 1.54) is 11.3 Å². The fourth-order valence-corrected chi connectivity index (χ4v) is 3.24. The van der Waals surface area contributed by atoms with Gasteiger partial charge in [0.2, 0.25) is 0 Å². The standard InChI is InChI=1S/C20H30N6O.HI/c1-4-21-20(22-9-10-26-16-17(2)15-23-26)25-13-11-24(12-14-25)18-5-7-19(27-3)8-6-18;/h5-8,15-16H,4,9-14H2,1-3H3,(H,21,22);1H. The number of benzene rings is 1.